The number of carboxylic acids is 1. The van der Waals surface area contributed by atoms with Crippen molar-refractivity contribution in [2.45, 2.75) is 19.8 Å². The SMILES string of the molecule is CC1(C(=O)O)CCN(P)CC1. The van der Waals surface area contributed by atoms with E-state index in [4.69, 9.17) is 5.11 Å². The van der Waals surface area contributed by atoms with Crippen LogP contribution in [0.25, 0.3) is 0 Å². The zero-order valence-corrected chi connectivity index (χ0v) is 7.86. The summed E-state index contributed by atoms with van der Waals surface area (Å²) in [6.07, 6.45) is 1.51. The Bertz CT molecular complexity index is 164. The van der Waals surface area contributed by atoms with Crippen molar-refractivity contribution in [2.24, 2.45) is 5.41 Å². The zero-order chi connectivity index (χ0) is 8.48. The van der Waals surface area contributed by atoms with E-state index in [-0.39, 0.29) is 0 Å². The van der Waals surface area contributed by atoms with Gasteiger partial charge in [0.1, 0.15) is 0 Å². The molecule has 1 saturated heterocycles. The molecule has 0 saturated carbocycles. The van der Waals surface area contributed by atoms with E-state index < -0.39 is 11.4 Å². The molecule has 1 fully saturated rings. The molecule has 0 bridgehead atoms. The molecule has 0 aromatic carbocycles. The first kappa shape index (κ1) is 8.95. The molecule has 3 nitrogen and oxygen atoms in total. The summed E-state index contributed by atoms with van der Waals surface area (Å²) in [5.41, 5.74) is -0.479. The number of rotatable bonds is 1. The van der Waals surface area contributed by atoms with Gasteiger partial charge >= 0.3 is 5.97 Å². The Labute approximate surface area is 69.0 Å². The summed E-state index contributed by atoms with van der Waals surface area (Å²) in [4.78, 5) is 10.8. The lowest BCUT2D eigenvalue weighted by Crippen LogP contribution is -2.38. The molecule has 1 heterocycles. The highest BCUT2D eigenvalue weighted by molar-refractivity contribution is 7.13. The van der Waals surface area contributed by atoms with Crippen LogP contribution in [0.15, 0.2) is 0 Å². The molecule has 0 spiro atoms. The average Bonchev–Trinajstić information content (AvgIpc) is 1.95. The van der Waals surface area contributed by atoms with E-state index in [2.05, 4.69) is 14.1 Å². The number of hydrogen-bond acceptors (Lipinski definition) is 2. The minimum atomic E-state index is -0.657. The smallest absolute Gasteiger partial charge is 0.309 e. The van der Waals surface area contributed by atoms with E-state index in [0.29, 0.717) is 0 Å². The van der Waals surface area contributed by atoms with E-state index in [9.17, 15) is 4.79 Å². The van der Waals surface area contributed by atoms with Crippen molar-refractivity contribution in [1.29, 1.82) is 0 Å². The molecule has 0 aromatic heterocycles. The number of carbonyl (C=O) groups is 1. The van der Waals surface area contributed by atoms with Crippen molar-refractivity contribution in [2.75, 3.05) is 13.1 Å². The van der Waals surface area contributed by atoms with Crippen LogP contribution in [-0.4, -0.2) is 28.8 Å². The Morgan fingerprint density at radius 3 is 2.36 bits per heavy atom. The van der Waals surface area contributed by atoms with Gasteiger partial charge in [-0.15, -0.1) is 0 Å². The van der Waals surface area contributed by atoms with Gasteiger partial charge < -0.3 is 5.11 Å². The molecule has 1 N–H and O–H groups in total. The summed E-state index contributed by atoms with van der Waals surface area (Å²) in [5.74, 6) is -0.657. The molecule has 4 heteroatoms. The number of carboxylic acid groups (broad SMARTS) is 1. The average molecular weight is 175 g/mol. The second kappa shape index (κ2) is 3.08. The molecule has 1 atom stereocenters. The quantitative estimate of drug-likeness (QED) is 0.603. The fraction of sp³-hybridized carbons (Fsp3) is 0.857. The van der Waals surface area contributed by atoms with Crippen LogP contribution in [0.5, 0.6) is 0 Å². The monoisotopic (exact) mass is 175 g/mol. The van der Waals surface area contributed by atoms with Gasteiger partial charge in [0.15, 0.2) is 0 Å². The molecule has 0 radical (unpaired) electrons. The molecule has 11 heavy (non-hydrogen) atoms. The predicted molar refractivity (Wildman–Crippen MR) is 46.3 cm³/mol. The van der Waals surface area contributed by atoms with Gasteiger partial charge in [0, 0.05) is 13.1 Å². The number of piperidine rings is 1. The highest BCUT2D eigenvalue weighted by Gasteiger charge is 2.35. The van der Waals surface area contributed by atoms with Gasteiger partial charge in [0.2, 0.25) is 0 Å². The van der Waals surface area contributed by atoms with Crippen LogP contribution in [0.3, 0.4) is 0 Å². The lowest BCUT2D eigenvalue weighted by molar-refractivity contribution is -0.150. The van der Waals surface area contributed by atoms with Gasteiger partial charge in [0.05, 0.1) is 5.41 Å². The summed E-state index contributed by atoms with van der Waals surface area (Å²) in [5, 5.41) is 8.86. The molecule has 1 unspecified atom stereocenters. The van der Waals surface area contributed by atoms with E-state index >= 15 is 0 Å². The first-order chi connectivity index (χ1) is 5.04. The minimum absolute atomic E-state index is 0.479. The Morgan fingerprint density at radius 1 is 1.55 bits per heavy atom. The van der Waals surface area contributed by atoms with Crippen molar-refractivity contribution < 1.29 is 9.90 Å². The van der Waals surface area contributed by atoms with Crippen LogP contribution in [0.1, 0.15) is 19.8 Å². The molecule has 0 amide bonds. The van der Waals surface area contributed by atoms with Crippen molar-refractivity contribution in [3.05, 3.63) is 0 Å². The highest BCUT2D eigenvalue weighted by Crippen LogP contribution is 2.31. The molecular formula is C7H14NO2P. The number of aliphatic carboxylic acids is 1. The summed E-state index contributed by atoms with van der Waals surface area (Å²) in [7, 11) is 2.61. The molecule has 1 aliphatic rings. The first-order valence-electron chi connectivity index (χ1n) is 3.78. The van der Waals surface area contributed by atoms with Crippen LogP contribution < -0.4 is 0 Å². The fourth-order valence-electron chi connectivity index (χ4n) is 1.23. The standard InChI is InChI=1S/C7H14NO2P/c1-7(6(9)10)2-4-8(11)5-3-7/h2-5,11H2,1H3,(H,9,10). The third-order valence-electron chi connectivity index (χ3n) is 2.42. The second-order valence-electron chi connectivity index (χ2n) is 3.40. The summed E-state index contributed by atoms with van der Waals surface area (Å²) < 4.78 is 2.09. The summed E-state index contributed by atoms with van der Waals surface area (Å²) in [6, 6.07) is 0. The van der Waals surface area contributed by atoms with Crippen LogP contribution in [0, 0.1) is 5.41 Å². The third kappa shape index (κ3) is 1.91. The third-order valence-corrected chi connectivity index (χ3v) is 2.93. The van der Waals surface area contributed by atoms with Crippen molar-refractivity contribution in [3.8, 4) is 0 Å². The summed E-state index contributed by atoms with van der Waals surface area (Å²) >= 11 is 0. The lowest BCUT2D eigenvalue weighted by Gasteiger charge is -2.33. The Morgan fingerprint density at radius 2 is 2.00 bits per heavy atom. The minimum Gasteiger partial charge on any atom is -0.481 e. The fourth-order valence-corrected chi connectivity index (χ4v) is 1.49. The van der Waals surface area contributed by atoms with Gasteiger partial charge in [-0.1, -0.05) is 9.39 Å². The van der Waals surface area contributed by atoms with Gasteiger partial charge in [0.25, 0.3) is 0 Å². The molecule has 64 valence electrons. The Hall–Kier alpha value is -0.140. The maximum absolute atomic E-state index is 10.8. The van der Waals surface area contributed by atoms with E-state index in [1.165, 1.54) is 0 Å². The second-order valence-corrected chi connectivity index (χ2v) is 4.13. The van der Waals surface area contributed by atoms with Gasteiger partial charge in [-0.3, -0.25) is 9.46 Å². The summed E-state index contributed by atoms with van der Waals surface area (Å²) in [6.45, 7) is 3.56. The van der Waals surface area contributed by atoms with E-state index in [1.807, 2.05) is 6.92 Å². The highest BCUT2D eigenvalue weighted by atomic mass is 31.0. The van der Waals surface area contributed by atoms with Crippen molar-refractivity contribution in [1.82, 2.24) is 4.67 Å². The van der Waals surface area contributed by atoms with Crippen LogP contribution >= 0.6 is 9.39 Å². The number of hydrogen-bond donors (Lipinski definition) is 1. The predicted octanol–water partition coefficient (Wildman–Crippen LogP) is 0.963. The van der Waals surface area contributed by atoms with Crippen LogP contribution in [0.4, 0.5) is 0 Å². The molecule has 0 aromatic rings. The van der Waals surface area contributed by atoms with Crippen LogP contribution in [-0.2, 0) is 4.79 Å². The Balaban J connectivity index is 2.55. The van der Waals surface area contributed by atoms with E-state index in [0.717, 1.165) is 25.9 Å². The molecule has 1 aliphatic heterocycles. The van der Waals surface area contributed by atoms with Gasteiger partial charge in [-0.05, 0) is 19.8 Å². The van der Waals surface area contributed by atoms with Crippen LogP contribution in [0.2, 0.25) is 0 Å². The van der Waals surface area contributed by atoms with Gasteiger partial charge in [-0.25, -0.2) is 0 Å². The van der Waals surface area contributed by atoms with Crippen molar-refractivity contribution >= 4 is 15.4 Å². The lowest BCUT2D eigenvalue weighted by atomic mass is 9.81. The molecular weight excluding hydrogens is 161 g/mol. The Kier molecular flexibility index (Phi) is 2.50. The maximum Gasteiger partial charge on any atom is 0.309 e. The van der Waals surface area contributed by atoms with Gasteiger partial charge in [-0.2, -0.15) is 0 Å². The number of nitrogens with zero attached hydrogens (tertiary/aromatic N) is 1. The topological polar surface area (TPSA) is 40.5 Å². The normalized spacial score (nSPS) is 24.9. The van der Waals surface area contributed by atoms with E-state index in [1.54, 1.807) is 0 Å². The van der Waals surface area contributed by atoms with Crippen molar-refractivity contribution in [3.63, 3.8) is 0 Å². The largest absolute Gasteiger partial charge is 0.481 e. The zero-order valence-electron chi connectivity index (χ0n) is 6.71. The molecule has 0 aliphatic carbocycles. The first-order valence-corrected chi connectivity index (χ1v) is 4.29. The maximum atomic E-state index is 10.8. The molecule has 1 rings (SSSR count).